The molecule has 0 N–H and O–H groups in total. The Balaban J connectivity index is 2.07. The highest BCUT2D eigenvalue weighted by atomic mass is 35.5. The van der Waals surface area contributed by atoms with Crippen molar-refractivity contribution < 1.29 is 21.6 Å². The van der Waals surface area contributed by atoms with Gasteiger partial charge in [-0.05, 0) is 36.5 Å². The van der Waals surface area contributed by atoms with Crippen molar-refractivity contribution in [2.75, 3.05) is 31.7 Å². The van der Waals surface area contributed by atoms with Gasteiger partial charge in [0.05, 0.1) is 18.6 Å². The van der Waals surface area contributed by atoms with E-state index in [0.717, 1.165) is 5.56 Å². The van der Waals surface area contributed by atoms with Gasteiger partial charge < -0.3 is 4.74 Å². The summed E-state index contributed by atoms with van der Waals surface area (Å²) in [7, 11) is -6.57. The molecular weight excluding hydrogens is 386 g/mol. The molecule has 0 atom stereocenters. The van der Waals surface area contributed by atoms with Crippen LogP contribution in [0, 0.1) is 5.92 Å². The molecule has 1 saturated heterocycles. The van der Waals surface area contributed by atoms with E-state index in [4.69, 9.17) is 16.3 Å². The van der Waals surface area contributed by atoms with Crippen LogP contribution in [0.25, 0.3) is 0 Å². The third-order valence-corrected chi connectivity index (χ3v) is 7.76. The highest BCUT2D eigenvalue weighted by Gasteiger charge is 2.26. The third kappa shape index (κ3) is 5.32. The van der Waals surface area contributed by atoms with E-state index in [1.54, 1.807) is 25.1 Å². The van der Waals surface area contributed by atoms with Gasteiger partial charge in [-0.15, -0.1) is 11.6 Å². The maximum absolute atomic E-state index is 12.3. The number of hydrogen-bond donors (Lipinski definition) is 0. The number of ether oxygens (including phenoxy) is 1. The number of sulfonamides is 1. The first-order valence-corrected chi connectivity index (χ1v) is 12.2. The molecule has 9 heteroatoms. The van der Waals surface area contributed by atoms with Crippen molar-refractivity contribution in [2.24, 2.45) is 5.92 Å². The smallest absolute Gasteiger partial charge is 0.211 e. The highest BCUT2D eigenvalue weighted by molar-refractivity contribution is 7.91. The molecule has 0 bridgehead atoms. The predicted octanol–water partition coefficient (Wildman–Crippen LogP) is 2.27. The molecule has 1 fully saturated rings. The Labute approximate surface area is 155 Å². The largest absolute Gasteiger partial charge is 0.492 e. The Morgan fingerprint density at radius 1 is 1.20 bits per heavy atom. The number of halogens is 1. The fraction of sp³-hybridized carbons (Fsp3) is 0.625. The maximum atomic E-state index is 12.3. The van der Waals surface area contributed by atoms with Crippen molar-refractivity contribution in [2.45, 2.75) is 30.5 Å². The topological polar surface area (TPSA) is 80.8 Å². The van der Waals surface area contributed by atoms with Crippen LogP contribution in [0.4, 0.5) is 0 Å². The summed E-state index contributed by atoms with van der Waals surface area (Å²) >= 11 is 5.80. The van der Waals surface area contributed by atoms with E-state index in [9.17, 15) is 16.8 Å². The van der Waals surface area contributed by atoms with Gasteiger partial charge in [0.25, 0.3) is 0 Å². The quantitative estimate of drug-likeness (QED) is 0.645. The van der Waals surface area contributed by atoms with Gasteiger partial charge in [-0.3, -0.25) is 0 Å². The Hall–Kier alpha value is -0.830. The minimum atomic E-state index is -3.41. The highest BCUT2D eigenvalue weighted by Crippen LogP contribution is 2.28. The zero-order valence-corrected chi connectivity index (χ0v) is 16.8. The zero-order valence-electron chi connectivity index (χ0n) is 14.4. The Bertz CT molecular complexity index is 800. The van der Waals surface area contributed by atoms with Crippen molar-refractivity contribution in [3.8, 4) is 5.75 Å². The third-order valence-electron chi connectivity index (χ3n) is 4.39. The molecule has 1 aromatic carbocycles. The van der Waals surface area contributed by atoms with Crippen LogP contribution in [-0.4, -0.2) is 52.8 Å². The van der Waals surface area contributed by atoms with Gasteiger partial charge >= 0.3 is 0 Å². The number of nitrogens with zero attached hydrogens (tertiary/aromatic N) is 1. The summed E-state index contributed by atoms with van der Waals surface area (Å²) in [5, 5.41) is 0. The van der Waals surface area contributed by atoms with E-state index in [0.29, 0.717) is 38.3 Å². The predicted molar refractivity (Wildman–Crippen MR) is 98.4 cm³/mol. The van der Waals surface area contributed by atoms with Crippen molar-refractivity contribution in [3.63, 3.8) is 0 Å². The molecule has 25 heavy (non-hydrogen) atoms. The van der Waals surface area contributed by atoms with E-state index < -0.39 is 19.9 Å². The molecule has 0 aliphatic carbocycles. The fourth-order valence-corrected chi connectivity index (χ4v) is 4.88. The molecule has 0 radical (unpaired) electrons. The van der Waals surface area contributed by atoms with Gasteiger partial charge in [0, 0.05) is 19.0 Å². The van der Waals surface area contributed by atoms with Crippen LogP contribution in [0.3, 0.4) is 0 Å². The summed E-state index contributed by atoms with van der Waals surface area (Å²) in [6.07, 6.45) is 2.61. The van der Waals surface area contributed by atoms with Crippen LogP contribution in [0.5, 0.6) is 5.75 Å². The zero-order chi connectivity index (χ0) is 18.7. The molecule has 1 aliphatic rings. The first-order chi connectivity index (χ1) is 11.7. The van der Waals surface area contributed by atoms with Crippen LogP contribution in [0.15, 0.2) is 23.1 Å². The summed E-state index contributed by atoms with van der Waals surface area (Å²) in [4.78, 5) is 0.168. The van der Waals surface area contributed by atoms with Crippen molar-refractivity contribution >= 4 is 31.5 Å². The second kappa shape index (κ2) is 8.24. The number of sulfone groups is 1. The average Bonchev–Trinajstić information content (AvgIpc) is 2.59. The lowest BCUT2D eigenvalue weighted by molar-refractivity contribution is 0.183. The molecule has 0 amide bonds. The lowest BCUT2D eigenvalue weighted by Gasteiger charge is -2.30. The molecule has 0 aromatic heterocycles. The van der Waals surface area contributed by atoms with E-state index >= 15 is 0 Å². The summed E-state index contributed by atoms with van der Waals surface area (Å²) in [5.74, 6) is 0.752. The van der Waals surface area contributed by atoms with Crippen molar-refractivity contribution in [1.82, 2.24) is 4.31 Å². The van der Waals surface area contributed by atoms with Crippen molar-refractivity contribution in [1.29, 1.82) is 0 Å². The summed E-state index contributed by atoms with van der Waals surface area (Å²) < 4.78 is 54.9. The van der Waals surface area contributed by atoms with E-state index in [2.05, 4.69) is 0 Å². The van der Waals surface area contributed by atoms with Crippen LogP contribution < -0.4 is 4.74 Å². The molecular formula is C16H24ClNO5S2. The Morgan fingerprint density at radius 3 is 2.36 bits per heavy atom. The Morgan fingerprint density at radius 2 is 1.84 bits per heavy atom. The average molecular weight is 410 g/mol. The summed E-state index contributed by atoms with van der Waals surface area (Å²) in [6, 6.07) is 4.96. The monoisotopic (exact) mass is 409 g/mol. The van der Waals surface area contributed by atoms with Gasteiger partial charge in [0.1, 0.15) is 10.6 Å². The number of alkyl halides is 1. The van der Waals surface area contributed by atoms with Crippen LogP contribution in [-0.2, 0) is 25.7 Å². The normalized spacial score (nSPS) is 17.6. The standard InChI is InChI=1S/C16H24ClNO5S2/c1-3-25(21,22)16-10-14(11-17)4-5-15(16)23-12-13-6-8-18(9-7-13)24(2,19)20/h4-5,10,13H,3,6-9,11-12H2,1-2H3. The lowest BCUT2D eigenvalue weighted by atomic mass is 9.99. The second-order valence-electron chi connectivity index (χ2n) is 6.23. The van der Waals surface area contributed by atoms with Gasteiger partial charge in [-0.25, -0.2) is 21.1 Å². The van der Waals surface area contributed by atoms with Crippen LogP contribution >= 0.6 is 11.6 Å². The fourth-order valence-electron chi connectivity index (χ4n) is 2.77. The maximum Gasteiger partial charge on any atom is 0.211 e. The number of piperidine rings is 1. The molecule has 1 heterocycles. The lowest BCUT2D eigenvalue weighted by Crippen LogP contribution is -2.39. The minimum absolute atomic E-state index is 0.0121. The molecule has 6 nitrogen and oxygen atoms in total. The van der Waals surface area contributed by atoms with Crippen LogP contribution in [0.2, 0.25) is 0 Å². The molecule has 0 spiro atoms. The molecule has 1 aliphatic heterocycles. The first kappa shape index (κ1) is 20.5. The number of hydrogen-bond acceptors (Lipinski definition) is 5. The van der Waals surface area contributed by atoms with Crippen LogP contribution in [0.1, 0.15) is 25.3 Å². The number of benzene rings is 1. The second-order valence-corrected chi connectivity index (χ2v) is 10.7. The van der Waals surface area contributed by atoms with E-state index in [1.165, 1.54) is 10.6 Å². The van der Waals surface area contributed by atoms with Gasteiger partial charge in [-0.1, -0.05) is 13.0 Å². The molecule has 0 unspecified atom stereocenters. The van der Waals surface area contributed by atoms with Gasteiger partial charge in [0.15, 0.2) is 9.84 Å². The van der Waals surface area contributed by atoms with E-state index in [1.807, 2.05) is 0 Å². The van der Waals surface area contributed by atoms with E-state index in [-0.39, 0.29) is 22.4 Å². The molecule has 0 saturated carbocycles. The molecule has 142 valence electrons. The number of rotatable bonds is 7. The summed E-state index contributed by atoms with van der Waals surface area (Å²) in [5.41, 5.74) is 0.725. The first-order valence-electron chi connectivity index (χ1n) is 8.17. The minimum Gasteiger partial charge on any atom is -0.492 e. The molecule has 2 rings (SSSR count). The van der Waals surface area contributed by atoms with Gasteiger partial charge in [0.2, 0.25) is 10.0 Å². The Kier molecular flexibility index (Phi) is 6.75. The van der Waals surface area contributed by atoms with Crippen molar-refractivity contribution in [3.05, 3.63) is 23.8 Å². The van der Waals surface area contributed by atoms with Gasteiger partial charge in [-0.2, -0.15) is 0 Å². The molecule has 1 aromatic rings. The SMILES string of the molecule is CCS(=O)(=O)c1cc(CCl)ccc1OCC1CCN(S(C)(=O)=O)CC1. The summed E-state index contributed by atoms with van der Waals surface area (Å²) in [6.45, 7) is 2.90.